The first-order chi connectivity index (χ1) is 14.3. The zero-order chi connectivity index (χ0) is 22.0. The zero-order valence-electron chi connectivity index (χ0n) is 17.2. The fourth-order valence-corrected chi connectivity index (χ4v) is 4.81. The molecule has 0 bridgehead atoms. The molecule has 0 spiro atoms. The first kappa shape index (κ1) is 22.5. The number of benzene rings is 2. The van der Waals surface area contributed by atoms with Crippen LogP contribution in [0.15, 0.2) is 53.4 Å². The van der Waals surface area contributed by atoms with Gasteiger partial charge in [-0.25, -0.2) is 0 Å². The highest BCUT2D eigenvalue weighted by atomic mass is 32.2. The van der Waals surface area contributed by atoms with Gasteiger partial charge in [0.25, 0.3) is 11.8 Å². The maximum absolute atomic E-state index is 13.1. The number of nitrogens with zero attached hydrogens (tertiary/aromatic N) is 1. The summed E-state index contributed by atoms with van der Waals surface area (Å²) in [6.07, 6.45) is -2.72. The van der Waals surface area contributed by atoms with Crippen molar-refractivity contribution in [3.05, 3.63) is 65.2 Å². The summed E-state index contributed by atoms with van der Waals surface area (Å²) in [4.78, 5) is 28.1. The molecule has 6 nitrogen and oxygen atoms in total. The normalized spacial score (nSPS) is 18.7. The lowest BCUT2D eigenvalue weighted by atomic mass is 9.93. The molecule has 0 aromatic heterocycles. The third kappa shape index (κ3) is 4.30. The Bertz CT molecular complexity index is 881. The van der Waals surface area contributed by atoms with Crippen LogP contribution in [-0.2, 0) is 0 Å². The Labute approximate surface area is 180 Å². The van der Waals surface area contributed by atoms with Gasteiger partial charge in [0.05, 0.1) is 23.3 Å². The van der Waals surface area contributed by atoms with Gasteiger partial charge in [-0.15, -0.1) is 11.8 Å². The minimum atomic E-state index is -1.41. The third-order valence-corrected chi connectivity index (χ3v) is 6.71. The van der Waals surface area contributed by atoms with E-state index in [1.165, 1.54) is 11.8 Å². The maximum Gasteiger partial charge on any atom is 0.261 e. The zero-order valence-corrected chi connectivity index (χ0v) is 18.0. The van der Waals surface area contributed by atoms with Gasteiger partial charge in [-0.3, -0.25) is 14.5 Å². The van der Waals surface area contributed by atoms with E-state index in [9.17, 15) is 24.9 Å². The second kappa shape index (κ2) is 9.31. The van der Waals surface area contributed by atoms with Crippen LogP contribution in [0.3, 0.4) is 0 Å². The maximum atomic E-state index is 13.1. The molecule has 0 saturated carbocycles. The van der Waals surface area contributed by atoms with Crippen molar-refractivity contribution in [1.29, 1.82) is 0 Å². The highest BCUT2D eigenvalue weighted by molar-refractivity contribution is 8.00. The Morgan fingerprint density at radius 2 is 1.43 bits per heavy atom. The molecule has 2 aromatic carbocycles. The number of imide groups is 1. The van der Waals surface area contributed by atoms with Crippen LogP contribution in [0.1, 0.15) is 40.1 Å². The highest BCUT2D eigenvalue weighted by Crippen LogP contribution is 2.34. The molecule has 2 aromatic rings. The average Bonchev–Trinajstić information content (AvgIpc) is 3.00. The SMILES string of the molecule is Cc1ccc(SC(C)C(C(O)C(O)C(C)CO)N2C(=O)c3ccccc3C2=O)cc1. The molecule has 1 aliphatic rings. The minimum absolute atomic E-state index is 0.289. The fourth-order valence-electron chi connectivity index (χ4n) is 3.67. The van der Waals surface area contributed by atoms with Gasteiger partial charge >= 0.3 is 0 Å². The number of thioether (sulfide) groups is 1. The highest BCUT2D eigenvalue weighted by Gasteiger charge is 2.47. The van der Waals surface area contributed by atoms with Crippen LogP contribution in [0.25, 0.3) is 0 Å². The number of aryl methyl sites for hydroxylation is 1. The van der Waals surface area contributed by atoms with Crippen molar-refractivity contribution in [2.75, 3.05) is 6.61 Å². The molecule has 1 aliphatic heterocycles. The number of aliphatic hydroxyl groups excluding tert-OH is 3. The number of rotatable bonds is 8. The Hall–Kier alpha value is -2.19. The van der Waals surface area contributed by atoms with E-state index in [0.717, 1.165) is 15.4 Å². The molecule has 0 aliphatic carbocycles. The molecule has 3 N–H and O–H groups in total. The van der Waals surface area contributed by atoms with Gasteiger partial charge in [-0.1, -0.05) is 43.7 Å². The Kier molecular flexibility index (Phi) is 6.98. The van der Waals surface area contributed by atoms with Crippen LogP contribution in [0.2, 0.25) is 0 Å². The summed E-state index contributed by atoms with van der Waals surface area (Å²) < 4.78 is 0. The summed E-state index contributed by atoms with van der Waals surface area (Å²) in [6, 6.07) is 13.4. The van der Waals surface area contributed by atoms with E-state index in [1.54, 1.807) is 31.2 Å². The standard InChI is InChI=1S/C23H27NO5S/c1-13-8-10-16(11-9-13)30-15(3)19(21(27)20(26)14(2)12-25)24-22(28)17-6-4-5-7-18(17)23(24)29/h4-11,14-15,19-21,25-27H,12H2,1-3H3. The quantitative estimate of drug-likeness (QED) is 0.441. The molecule has 5 unspecified atom stereocenters. The van der Waals surface area contributed by atoms with Crippen molar-refractivity contribution in [3.63, 3.8) is 0 Å². The summed E-state index contributed by atoms with van der Waals surface area (Å²) >= 11 is 1.42. The smallest absolute Gasteiger partial charge is 0.261 e. The van der Waals surface area contributed by atoms with Crippen LogP contribution in [0.4, 0.5) is 0 Å². The molecular weight excluding hydrogens is 402 g/mol. The summed E-state index contributed by atoms with van der Waals surface area (Å²) in [7, 11) is 0. The van der Waals surface area contributed by atoms with Crippen molar-refractivity contribution in [2.24, 2.45) is 5.92 Å². The predicted octanol–water partition coefficient (Wildman–Crippen LogP) is 2.49. The van der Waals surface area contributed by atoms with Gasteiger partial charge in [0.1, 0.15) is 6.10 Å². The topological polar surface area (TPSA) is 98.1 Å². The van der Waals surface area contributed by atoms with E-state index in [0.29, 0.717) is 0 Å². The van der Waals surface area contributed by atoms with Gasteiger partial charge in [-0.05, 0) is 31.2 Å². The minimum Gasteiger partial charge on any atom is -0.396 e. The Morgan fingerprint density at radius 1 is 0.900 bits per heavy atom. The van der Waals surface area contributed by atoms with Crippen molar-refractivity contribution in [3.8, 4) is 0 Å². The number of aliphatic hydroxyl groups is 3. The second-order valence-corrected chi connectivity index (χ2v) is 9.24. The first-order valence-corrected chi connectivity index (χ1v) is 10.8. The molecular formula is C23H27NO5S. The van der Waals surface area contributed by atoms with Crippen molar-refractivity contribution in [1.82, 2.24) is 4.90 Å². The lowest BCUT2D eigenvalue weighted by Crippen LogP contribution is -2.56. The summed E-state index contributed by atoms with van der Waals surface area (Å²) in [6.45, 7) is 5.08. The number of carbonyl (C=O) groups excluding carboxylic acids is 2. The molecule has 0 radical (unpaired) electrons. The van der Waals surface area contributed by atoms with Crippen LogP contribution in [0.5, 0.6) is 0 Å². The van der Waals surface area contributed by atoms with Gasteiger partial charge < -0.3 is 15.3 Å². The number of amides is 2. The molecule has 5 atom stereocenters. The second-order valence-electron chi connectivity index (χ2n) is 7.79. The van der Waals surface area contributed by atoms with E-state index in [1.807, 2.05) is 38.1 Å². The first-order valence-electron chi connectivity index (χ1n) is 9.93. The van der Waals surface area contributed by atoms with Crippen molar-refractivity contribution >= 4 is 23.6 Å². The molecule has 160 valence electrons. The van der Waals surface area contributed by atoms with Crippen molar-refractivity contribution < 1.29 is 24.9 Å². The lowest BCUT2D eigenvalue weighted by Gasteiger charge is -2.37. The van der Waals surface area contributed by atoms with E-state index < -0.39 is 41.2 Å². The van der Waals surface area contributed by atoms with Crippen molar-refractivity contribution in [2.45, 2.75) is 49.2 Å². The summed E-state index contributed by atoms with van der Waals surface area (Å²) in [5.41, 5.74) is 1.69. The molecule has 30 heavy (non-hydrogen) atoms. The lowest BCUT2D eigenvalue weighted by molar-refractivity contribution is -0.0577. The fraction of sp³-hybridized carbons (Fsp3) is 0.391. The number of hydrogen-bond acceptors (Lipinski definition) is 6. The predicted molar refractivity (Wildman–Crippen MR) is 115 cm³/mol. The largest absolute Gasteiger partial charge is 0.396 e. The van der Waals surface area contributed by atoms with E-state index in [2.05, 4.69) is 0 Å². The molecule has 0 fully saturated rings. The van der Waals surface area contributed by atoms with E-state index in [4.69, 9.17) is 0 Å². The van der Waals surface area contributed by atoms with Crippen LogP contribution >= 0.6 is 11.8 Å². The van der Waals surface area contributed by atoms with Gasteiger partial charge in [0.15, 0.2) is 0 Å². The van der Waals surface area contributed by atoms with Crippen LogP contribution < -0.4 is 0 Å². The summed E-state index contributed by atoms with van der Waals surface area (Å²) in [5, 5.41) is 30.6. The number of fused-ring (bicyclic) bond motifs is 1. The summed E-state index contributed by atoms with van der Waals surface area (Å²) in [5.74, 6) is -1.59. The molecule has 7 heteroatoms. The molecule has 0 saturated heterocycles. The van der Waals surface area contributed by atoms with E-state index >= 15 is 0 Å². The van der Waals surface area contributed by atoms with Crippen LogP contribution in [0, 0.1) is 12.8 Å². The molecule has 2 amide bonds. The third-order valence-electron chi connectivity index (χ3n) is 5.52. The van der Waals surface area contributed by atoms with Gasteiger partial charge in [0.2, 0.25) is 0 Å². The van der Waals surface area contributed by atoms with Gasteiger partial charge in [0, 0.05) is 22.7 Å². The average molecular weight is 430 g/mol. The van der Waals surface area contributed by atoms with Gasteiger partial charge in [-0.2, -0.15) is 0 Å². The molecule has 1 heterocycles. The number of carbonyl (C=O) groups is 2. The van der Waals surface area contributed by atoms with E-state index in [-0.39, 0.29) is 17.7 Å². The Morgan fingerprint density at radius 3 is 1.93 bits per heavy atom. The molecule has 3 rings (SSSR count). The van der Waals surface area contributed by atoms with Crippen LogP contribution in [-0.4, -0.2) is 62.1 Å². The Balaban J connectivity index is 1.96. The number of hydrogen-bond donors (Lipinski definition) is 3. The monoisotopic (exact) mass is 429 g/mol.